The number of piperidine rings is 1. The van der Waals surface area contributed by atoms with Crippen LogP contribution in [0.15, 0.2) is 24.3 Å². The van der Waals surface area contributed by atoms with Crippen LogP contribution >= 0.6 is 0 Å². The van der Waals surface area contributed by atoms with Crippen molar-refractivity contribution in [3.05, 3.63) is 35.4 Å². The largest absolute Gasteiger partial charge is 0.393 e. The number of nitrogens with zero attached hydrogens (tertiary/aromatic N) is 1. The molecule has 0 aromatic heterocycles. The summed E-state index contributed by atoms with van der Waals surface area (Å²) in [5, 5.41) is 12.5. The Morgan fingerprint density at radius 2 is 2.05 bits per heavy atom. The molecule has 1 aliphatic rings. The van der Waals surface area contributed by atoms with Gasteiger partial charge in [-0.3, -0.25) is 0 Å². The maximum atomic E-state index is 12.1. The highest BCUT2D eigenvalue weighted by Crippen LogP contribution is 2.20. The van der Waals surface area contributed by atoms with Gasteiger partial charge < -0.3 is 15.3 Å². The summed E-state index contributed by atoms with van der Waals surface area (Å²) >= 11 is 0. The van der Waals surface area contributed by atoms with Crippen LogP contribution in [0.4, 0.5) is 4.79 Å². The van der Waals surface area contributed by atoms with Gasteiger partial charge in [-0.15, -0.1) is 0 Å². The Balaban J connectivity index is 1.80. The molecule has 1 aliphatic heterocycles. The number of aryl methyl sites for hydroxylation is 1. The highest BCUT2D eigenvalue weighted by atomic mass is 16.3. The first-order chi connectivity index (χ1) is 9.58. The summed E-state index contributed by atoms with van der Waals surface area (Å²) in [6, 6.07) is 8.08. The zero-order valence-corrected chi connectivity index (χ0v) is 12.3. The lowest BCUT2D eigenvalue weighted by atomic mass is 9.92. The maximum Gasteiger partial charge on any atom is 0.317 e. The quantitative estimate of drug-likeness (QED) is 0.890. The predicted octanol–water partition coefficient (Wildman–Crippen LogP) is 2.30. The lowest BCUT2D eigenvalue weighted by Gasteiger charge is -2.33. The molecule has 0 spiro atoms. The number of hydrogen-bond acceptors (Lipinski definition) is 2. The second-order valence-corrected chi connectivity index (χ2v) is 5.65. The first-order valence-electron chi connectivity index (χ1n) is 7.33. The normalized spacial score (nSPS) is 17.9. The zero-order valence-electron chi connectivity index (χ0n) is 12.3. The fourth-order valence-corrected chi connectivity index (χ4v) is 2.68. The van der Waals surface area contributed by atoms with E-state index in [0.29, 0.717) is 12.5 Å². The molecule has 0 radical (unpaired) electrons. The van der Waals surface area contributed by atoms with Crippen LogP contribution in [0.3, 0.4) is 0 Å². The molecular weight excluding hydrogens is 252 g/mol. The molecule has 0 aliphatic carbocycles. The first kappa shape index (κ1) is 14.9. The number of rotatable bonds is 3. The predicted molar refractivity (Wildman–Crippen MR) is 79.4 cm³/mol. The molecule has 4 heteroatoms. The number of carbonyl (C=O) groups excluding carboxylic acids is 1. The summed E-state index contributed by atoms with van der Waals surface area (Å²) in [5.74, 6) is 0.329. The minimum Gasteiger partial charge on any atom is -0.393 e. The molecule has 1 saturated heterocycles. The number of urea groups is 1. The van der Waals surface area contributed by atoms with Crippen LogP contribution in [0.2, 0.25) is 0 Å². The smallest absolute Gasteiger partial charge is 0.317 e. The van der Waals surface area contributed by atoms with Crippen molar-refractivity contribution in [1.82, 2.24) is 10.2 Å². The molecule has 1 atom stereocenters. The molecule has 1 unspecified atom stereocenters. The number of benzene rings is 1. The van der Waals surface area contributed by atoms with Crippen LogP contribution in [-0.2, 0) is 6.54 Å². The molecule has 2 rings (SSSR count). The Kier molecular flexibility index (Phi) is 5.01. The van der Waals surface area contributed by atoms with E-state index >= 15 is 0 Å². The summed E-state index contributed by atoms with van der Waals surface area (Å²) in [5.41, 5.74) is 2.35. The number of likely N-dealkylation sites (tertiary alicyclic amines) is 1. The van der Waals surface area contributed by atoms with Crippen molar-refractivity contribution in [3.63, 3.8) is 0 Å². The molecule has 20 heavy (non-hydrogen) atoms. The lowest BCUT2D eigenvalue weighted by molar-refractivity contribution is 0.0798. The Bertz CT molecular complexity index is 452. The van der Waals surface area contributed by atoms with Gasteiger partial charge in [0.1, 0.15) is 0 Å². The van der Waals surface area contributed by atoms with Crippen LogP contribution in [0.25, 0.3) is 0 Å². The summed E-state index contributed by atoms with van der Waals surface area (Å²) < 4.78 is 0. The third-order valence-electron chi connectivity index (χ3n) is 4.20. The number of carbonyl (C=O) groups is 1. The average Bonchev–Trinajstić information content (AvgIpc) is 2.46. The fourth-order valence-electron chi connectivity index (χ4n) is 2.68. The van der Waals surface area contributed by atoms with Gasteiger partial charge >= 0.3 is 6.03 Å². The SMILES string of the molecule is Cc1ccccc1CNC(=O)N1CCC(C(C)O)CC1. The van der Waals surface area contributed by atoms with E-state index in [4.69, 9.17) is 0 Å². The Morgan fingerprint density at radius 3 is 2.65 bits per heavy atom. The van der Waals surface area contributed by atoms with Crippen LogP contribution < -0.4 is 5.32 Å². The highest BCUT2D eigenvalue weighted by molar-refractivity contribution is 5.74. The molecule has 1 fully saturated rings. The van der Waals surface area contributed by atoms with Gasteiger partial charge in [-0.25, -0.2) is 4.79 Å². The Labute approximate surface area is 120 Å². The van der Waals surface area contributed by atoms with E-state index in [1.807, 2.05) is 30.0 Å². The van der Waals surface area contributed by atoms with Crippen LogP contribution in [0.5, 0.6) is 0 Å². The number of aliphatic hydroxyl groups is 1. The summed E-state index contributed by atoms with van der Waals surface area (Å²) in [6.07, 6.45) is 1.50. The molecular formula is C16H24N2O2. The molecule has 0 saturated carbocycles. The van der Waals surface area contributed by atoms with Crippen LogP contribution in [-0.4, -0.2) is 35.2 Å². The van der Waals surface area contributed by atoms with E-state index in [-0.39, 0.29) is 12.1 Å². The Morgan fingerprint density at radius 1 is 1.40 bits per heavy atom. The van der Waals surface area contributed by atoms with E-state index in [0.717, 1.165) is 31.5 Å². The third-order valence-corrected chi connectivity index (χ3v) is 4.20. The van der Waals surface area contributed by atoms with Gasteiger partial charge in [-0.2, -0.15) is 0 Å². The Hall–Kier alpha value is -1.55. The van der Waals surface area contributed by atoms with E-state index in [1.165, 1.54) is 5.56 Å². The summed E-state index contributed by atoms with van der Waals surface area (Å²) in [4.78, 5) is 14.0. The highest BCUT2D eigenvalue weighted by Gasteiger charge is 2.25. The van der Waals surface area contributed by atoms with Crippen LogP contribution in [0.1, 0.15) is 30.9 Å². The van der Waals surface area contributed by atoms with Crippen molar-refractivity contribution in [2.24, 2.45) is 5.92 Å². The molecule has 0 bridgehead atoms. The third kappa shape index (κ3) is 3.73. The summed E-state index contributed by atoms with van der Waals surface area (Å²) in [7, 11) is 0. The van der Waals surface area contributed by atoms with Crippen molar-refractivity contribution in [3.8, 4) is 0 Å². The molecule has 4 nitrogen and oxygen atoms in total. The van der Waals surface area contributed by atoms with Gasteiger partial charge in [0.05, 0.1) is 6.10 Å². The van der Waals surface area contributed by atoms with E-state index in [1.54, 1.807) is 0 Å². The minimum absolute atomic E-state index is 0.00250. The standard InChI is InChI=1S/C16H24N2O2/c1-12-5-3-4-6-15(12)11-17-16(20)18-9-7-14(8-10-18)13(2)19/h3-6,13-14,19H,7-11H2,1-2H3,(H,17,20). The van der Waals surface area contributed by atoms with Crippen LogP contribution in [0, 0.1) is 12.8 Å². The van der Waals surface area contributed by atoms with E-state index in [9.17, 15) is 9.90 Å². The topological polar surface area (TPSA) is 52.6 Å². The van der Waals surface area contributed by atoms with Crippen molar-refractivity contribution in [2.75, 3.05) is 13.1 Å². The van der Waals surface area contributed by atoms with E-state index < -0.39 is 0 Å². The van der Waals surface area contributed by atoms with Gasteiger partial charge in [-0.1, -0.05) is 24.3 Å². The molecule has 2 amide bonds. The second kappa shape index (κ2) is 6.75. The van der Waals surface area contributed by atoms with Gasteiger partial charge in [0.2, 0.25) is 0 Å². The van der Waals surface area contributed by atoms with Gasteiger partial charge in [0.15, 0.2) is 0 Å². The number of aliphatic hydroxyl groups excluding tert-OH is 1. The van der Waals surface area contributed by atoms with Gasteiger partial charge in [-0.05, 0) is 43.7 Å². The van der Waals surface area contributed by atoms with Crippen molar-refractivity contribution in [2.45, 2.75) is 39.3 Å². The monoisotopic (exact) mass is 276 g/mol. The molecule has 2 N–H and O–H groups in total. The average molecular weight is 276 g/mol. The number of nitrogens with one attached hydrogen (secondary N) is 1. The van der Waals surface area contributed by atoms with E-state index in [2.05, 4.69) is 18.3 Å². The number of amides is 2. The summed E-state index contributed by atoms with van der Waals surface area (Å²) in [6.45, 7) is 5.92. The van der Waals surface area contributed by atoms with Crippen molar-refractivity contribution < 1.29 is 9.90 Å². The van der Waals surface area contributed by atoms with Crippen molar-refractivity contribution in [1.29, 1.82) is 0 Å². The molecule has 110 valence electrons. The molecule has 1 heterocycles. The zero-order chi connectivity index (χ0) is 14.5. The fraction of sp³-hybridized carbons (Fsp3) is 0.562. The maximum absolute atomic E-state index is 12.1. The minimum atomic E-state index is -0.271. The number of hydrogen-bond donors (Lipinski definition) is 2. The second-order valence-electron chi connectivity index (χ2n) is 5.65. The van der Waals surface area contributed by atoms with Gasteiger partial charge in [0.25, 0.3) is 0 Å². The first-order valence-corrected chi connectivity index (χ1v) is 7.33. The van der Waals surface area contributed by atoms with Crippen molar-refractivity contribution >= 4 is 6.03 Å². The van der Waals surface area contributed by atoms with Gasteiger partial charge in [0, 0.05) is 19.6 Å². The molecule has 1 aromatic carbocycles. The molecule has 1 aromatic rings. The lowest BCUT2D eigenvalue weighted by Crippen LogP contribution is -2.45.